The second-order valence-corrected chi connectivity index (χ2v) is 6.52. The zero-order valence-electron chi connectivity index (χ0n) is 13.5. The number of benzene rings is 2. The van der Waals surface area contributed by atoms with Gasteiger partial charge in [0.05, 0.1) is 12.0 Å². The number of halogens is 1. The molecule has 0 spiro atoms. The summed E-state index contributed by atoms with van der Waals surface area (Å²) >= 11 is 1.68. The minimum atomic E-state index is -0.194. The lowest BCUT2D eigenvalue weighted by Gasteiger charge is -2.03. The normalized spacial score (nSPS) is 10.8. The van der Waals surface area contributed by atoms with Crippen molar-refractivity contribution in [2.75, 3.05) is 13.7 Å². The number of methoxy groups -OCH3 is 1. The quantitative estimate of drug-likeness (QED) is 0.651. The fourth-order valence-corrected chi connectivity index (χ4v) is 3.25. The number of thiazole rings is 1. The van der Waals surface area contributed by atoms with Crippen LogP contribution in [0.4, 0.5) is 4.39 Å². The van der Waals surface area contributed by atoms with Gasteiger partial charge in [-0.3, -0.25) is 0 Å². The van der Waals surface area contributed by atoms with Crippen molar-refractivity contribution in [1.29, 1.82) is 0 Å². The molecule has 2 aromatic carbocycles. The highest BCUT2D eigenvalue weighted by molar-refractivity contribution is 7.15. The molecule has 5 heteroatoms. The van der Waals surface area contributed by atoms with Gasteiger partial charge in [-0.1, -0.05) is 12.1 Å². The number of nitrogens with zero attached hydrogens (tertiary/aromatic N) is 1. The van der Waals surface area contributed by atoms with Crippen molar-refractivity contribution in [3.8, 4) is 16.2 Å². The molecule has 0 atom stereocenters. The van der Waals surface area contributed by atoms with Crippen molar-refractivity contribution in [1.82, 2.24) is 10.3 Å². The minimum absolute atomic E-state index is 0.194. The van der Waals surface area contributed by atoms with E-state index >= 15 is 0 Å². The lowest BCUT2D eigenvalue weighted by atomic mass is 10.1. The first-order valence-corrected chi connectivity index (χ1v) is 8.60. The van der Waals surface area contributed by atoms with Crippen molar-refractivity contribution in [3.05, 3.63) is 71.1 Å². The van der Waals surface area contributed by atoms with Crippen molar-refractivity contribution in [2.24, 2.45) is 0 Å². The zero-order chi connectivity index (χ0) is 16.8. The Morgan fingerprint density at radius 3 is 2.54 bits per heavy atom. The molecule has 0 unspecified atom stereocenters. The molecule has 0 saturated carbocycles. The molecular weight excluding hydrogens is 323 g/mol. The van der Waals surface area contributed by atoms with Crippen LogP contribution in [0.15, 0.2) is 54.7 Å². The molecule has 24 heavy (non-hydrogen) atoms. The number of aromatic nitrogens is 1. The van der Waals surface area contributed by atoms with E-state index in [1.165, 1.54) is 12.1 Å². The molecule has 1 heterocycles. The summed E-state index contributed by atoms with van der Waals surface area (Å²) in [4.78, 5) is 5.61. The van der Waals surface area contributed by atoms with Gasteiger partial charge < -0.3 is 10.1 Å². The van der Waals surface area contributed by atoms with E-state index in [1.54, 1.807) is 18.4 Å². The average molecular weight is 342 g/mol. The van der Waals surface area contributed by atoms with Crippen LogP contribution in [-0.2, 0) is 13.0 Å². The van der Waals surface area contributed by atoms with Crippen LogP contribution in [0.2, 0.25) is 0 Å². The van der Waals surface area contributed by atoms with E-state index < -0.39 is 0 Å². The maximum atomic E-state index is 12.9. The fourth-order valence-electron chi connectivity index (χ4n) is 2.36. The Labute approximate surface area is 145 Å². The molecule has 0 radical (unpaired) electrons. The van der Waals surface area contributed by atoms with E-state index in [0.29, 0.717) is 0 Å². The van der Waals surface area contributed by atoms with E-state index in [2.05, 4.69) is 10.3 Å². The second-order valence-electron chi connectivity index (χ2n) is 5.40. The molecule has 0 amide bonds. The highest BCUT2D eigenvalue weighted by Gasteiger charge is 2.05. The first-order valence-electron chi connectivity index (χ1n) is 7.79. The van der Waals surface area contributed by atoms with E-state index in [1.807, 2.05) is 42.6 Å². The van der Waals surface area contributed by atoms with Crippen LogP contribution in [0.5, 0.6) is 5.75 Å². The molecule has 3 aromatic rings. The number of rotatable bonds is 7. The Balaban J connectivity index is 1.49. The summed E-state index contributed by atoms with van der Waals surface area (Å²) in [6.45, 7) is 1.57. The van der Waals surface area contributed by atoms with Gasteiger partial charge >= 0.3 is 0 Å². The molecule has 3 rings (SSSR count). The van der Waals surface area contributed by atoms with Crippen molar-refractivity contribution in [2.45, 2.75) is 13.0 Å². The highest BCUT2D eigenvalue weighted by Crippen LogP contribution is 2.27. The SMILES string of the molecule is COc1ccc(-c2cnc(CNCCc3ccc(F)cc3)s2)cc1. The van der Waals surface area contributed by atoms with Gasteiger partial charge in [-0.25, -0.2) is 9.37 Å². The summed E-state index contributed by atoms with van der Waals surface area (Å²) in [6.07, 6.45) is 2.78. The van der Waals surface area contributed by atoms with E-state index in [-0.39, 0.29) is 5.82 Å². The summed E-state index contributed by atoms with van der Waals surface area (Å²) < 4.78 is 18.0. The van der Waals surface area contributed by atoms with Crippen molar-refractivity contribution < 1.29 is 9.13 Å². The number of ether oxygens (including phenoxy) is 1. The lowest BCUT2D eigenvalue weighted by Crippen LogP contribution is -2.16. The second kappa shape index (κ2) is 8.04. The Kier molecular flexibility index (Phi) is 5.56. The third-order valence-electron chi connectivity index (χ3n) is 3.71. The summed E-state index contributed by atoms with van der Waals surface area (Å²) in [6, 6.07) is 14.6. The molecular formula is C19H19FN2OS. The van der Waals surface area contributed by atoms with E-state index in [4.69, 9.17) is 4.74 Å². The first-order chi connectivity index (χ1) is 11.7. The molecule has 0 bridgehead atoms. The number of nitrogens with one attached hydrogen (secondary N) is 1. The first kappa shape index (κ1) is 16.6. The Morgan fingerprint density at radius 1 is 1.08 bits per heavy atom. The predicted octanol–water partition coefficient (Wildman–Crippen LogP) is 4.29. The average Bonchev–Trinajstić information content (AvgIpc) is 3.09. The van der Waals surface area contributed by atoms with Crippen LogP contribution >= 0.6 is 11.3 Å². The fraction of sp³-hybridized carbons (Fsp3) is 0.211. The maximum absolute atomic E-state index is 12.9. The Morgan fingerprint density at radius 2 is 1.83 bits per heavy atom. The summed E-state index contributed by atoms with van der Waals surface area (Å²) in [5, 5.41) is 4.44. The molecule has 1 aromatic heterocycles. The summed E-state index contributed by atoms with van der Waals surface area (Å²) in [5.41, 5.74) is 2.27. The highest BCUT2D eigenvalue weighted by atomic mass is 32.1. The molecule has 0 aliphatic carbocycles. The van der Waals surface area contributed by atoms with E-state index in [9.17, 15) is 4.39 Å². The van der Waals surface area contributed by atoms with Gasteiger partial charge in [-0.15, -0.1) is 11.3 Å². The van der Waals surface area contributed by atoms with Gasteiger partial charge in [0.15, 0.2) is 0 Å². The largest absolute Gasteiger partial charge is 0.497 e. The smallest absolute Gasteiger partial charge is 0.123 e. The lowest BCUT2D eigenvalue weighted by molar-refractivity contribution is 0.415. The molecule has 0 saturated heterocycles. The van der Waals surface area contributed by atoms with Crippen LogP contribution < -0.4 is 10.1 Å². The van der Waals surface area contributed by atoms with Crippen molar-refractivity contribution >= 4 is 11.3 Å². The molecule has 0 aliphatic heterocycles. The van der Waals surface area contributed by atoms with Crippen LogP contribution in [0.3, 0.4) is 0 Å². The molecule has 124 valence electrons. The van der Waals surface area contributed by atoms with E-state index in [0.717, 1.165) is 46.3 Å². The molecule has 0 aliphatic rings. The van der Waals surface area contributed by atoms with Crippen LogP contribution in [0, 0.1) is 5.82 Å². The predicted molar refractivity (Wildman–Crippen MR) is 95.9 cm³/mol. The van der Waals surface area contributed by atoms with Gasteiger partial charge in [0.25, 0.3) is 0 Å². The van der Waals surface area contributed by atoms with Gasteiger partial charge in [0.1, 0.15) is 16.6 Å². The Hall–Kier alpha value is -2.24. The number of hydrogen-bond donors (Lipinski definition) is 1. The van der Waals surface area contributed by atoms with Crippen LogP contribution in [0.1, 0.15) is 10.6 Å². The zero-order valence-corrected chi connectivity index (χ0v) is 14.3. The summed E-state index contributed by atoms with van der Waals surface area (Å²) in [7, 11) is 1.66. The van der Waals surface area contributed by atoms with Crippen molar-refractivity contribution in [3.63, 3.8) is 0 Å². The maximum Gasteiger partial charge on any atom is 0.123 e. The topological polar surface area (TPSA) is 34.1 Å². The molecule has 3 nitrogen and oxygen atoms in total. The van der Waals surface area contributed by atoms with Gasteiger partial charge in [0.2, 0.25) is 0 Å². The van der Waals surface area contributed by atoms with Gasteiger partial charge in [0, 0.05) is 12.7 Å². The van der Waals surface area contributed by atoms with Gasteiger partial charge in [-0.05, 0) is 60.5 Å². The van der Waals surface area contributed by atoms with Crippen LogP contribution in [-0.4, -0.2) is 18.6 Å². The monoisotopic (exact) mass is 342 g/mol. The Bertz CT molecular complexity index is 769. The third kappa shape index (κ3) is 4.40. The van der Waals surface area contributed by atoms with Crippen LogP contribution in [0.25, 0.3) is 10.4 Å². The summed E-state index contributed by atoms with van der Waals surface area (Å²) in [5.74, 6) is 0.659. The number of hydrogen-bond acceptors (Lipinski definition) is 4. The third-order valence-corrected chi connectivity index (χ3v) is 4.75. The standard InChI is InChI=1S/C19H19FN2OS/c1-23-17-8-4-15(5-9-17)18-12-22-19(24-18)13-21-11-10-14-2-6-16(20)7-3-14/h2-9,12,21H,10-11,13H2,1H3. The molecule has 1 N–H and O–H groups in total. The van der Waals surface area contributed by atoms with Gasteiger partial charge in [-0.2, -0.15) is 0 Å². The molecule has 0 fully saturated rings. The minimum Gasteiger partial charge on any atom is -0.497 e.